The predicted molar refractivity (Wildman–Crippen MR) is 99.2 cm³/mol. The molecule has 144 valence electrons. The summed E-state index contributed by atoms with van der Waals surface area (Å²) in [5.74, 6) is 2.20. The van der Waals surface area contributed by atoms with Crippen molar-refractivity contribution in [3.8, 4) is 28.7 Å². The first kappa shape index (κ1) is 17.8. The molecule has 3 aromatic rings. The summed E-state index contributed by atoms with van der Waals surface area (Å²) in [4.78, 5) is 12.2. The van der Waals surface area contributed by atoms with Crippen LogP contribution in [0.15, 0.2) is 53.3 Å². The summed E-state index contributed by atoms with van der Waals surface area (Å²) < 4.78 is 21.8. The van der Waals surface area contributed by atoms with Gasteiger partial charge in [-0.3, -0.25) is 4.79 Å². The molecule has 0 bridgehead atoms. The van der Waals surface area contributed by atoms with Gasteiger partial charge in [0.15, 0.2) is 18.1 Å². The number of carbonyl (C=O) groups is 1. The number of benzene rings is 2. The normalized spacial score (nSPS) is 13.6. The summed E-state index contributed by atoms with van der Waals surface area (Å²) in [6.07, 6.45) is 1.27. The Hall–Kier alpha value is -3.55. The lowest BCUT2D eigenvalue weighted by Gasteiger charge is -2.21. The van der Waals surface area contributed by atoms with Crippen LogP contribution in [0.5, 0.6) is 17.2 Å². The molecule has 0 saturated heterocycles. The summed E-state index contributed by atoms with van der Waals surface area (Å²) in [5.41, 5.74) is 1.71. The molecule has 1 aliphatic heterocycles. The molecule has 0 saturated carbocycles. The molecule has 2 heterocycles. The van der Waals surface area contributed by atoms with Crippen LogP contribution in [0.2, 0.25) is 0 Å². The number of rotatable bonds is 6. The SMILES string of the molecule is C[C@H](NC(=O)COc1ccc(-c2nnco2)cc1)c1ccc2c(c1)OCCO2. The maximum atomic E-state index is 12.2. The zero-order valence-electron chi connectivity index (χ0n) is 15.3. The third-order valence-corrected chi connectivity index (χ3v) is 4.27. The molecule has 2 aromatic carbocycles. The van der Waals surface area contributed by atoms with Crippen molar-refractivity contribution in [1.29, 1.82) is 0 Å². The number of amides is 1. The Balaban J connectivity index is 1.30. The van der Waals surface area contributed by atoms with E-state index in [1.165, 1.54) is 6.39 Å². The molecule has 0 fully saturated rings. The zero-order chi connectivity index (χ0) is 19.3. The number of aromatic nitrogens is 2. The Kier molecular flexibility index (Phi) is 5.09. The lowest BCUT2D eigenvalue weighted by atomic mass is 10.1. The van der Waals surface area contributed by atoms with Gasteiger partial charge in [-0.2, -0.15) is 0 Å². The Morgan fingerprint density at radius 3 is 2.68 bits per heavy atom. The Bertz CT molecular complexity index is 941. The van der Waals surface area contributed by atoms with E-state index in [0.29, 0.717) is 30.6 Å². The maximum Gasteiger partial charge on any atom is 0.258 e. The molecule has 0 aliphatic carbocycles. The summed E-state index contributed by atoms with van der Waals surface area (Å²) >= 11 is 0. The van der Waals surface area contributed by atoms with Gasteiger partial charge >= 0.3 is 0 Å². The van der Waals surface area contributed by atoms with Crippen molar-refractivity contribution in [3.05, 3.63) is 54.4 Å². The lowest BCUT2D eigenvalue weighted by Crippen LogP contribution is -2.31. The van der Waals surface area contributed by atoms with Gasteiger partial charge in [0.25, 0.3) is 5.91 Å². The number of carbonyl (C=O) groups excluding carboxylic acids is 1. The molecule has 0 spiro atoms. The maximum absolute atomic E-state index is 12.2. The molecular formula is C20H19N3O5. The third-order valence-electron chi connectivity index (χ3n) is 4.27. The van der Waals surface area contributed by atoms with E-state index < -0.39 is 0 Å². The number of ether oxygens (including phenoxy) is 3. The summed E-state index contributed by atoms with van der Waals surface area (Å²) in [6, 6.07) is 12.5. The Morgan fingerprint density at radius 1 is 1.14 bits per heavy atom. The topological polar surface area (TPSA) is 95.7 Å². The van der Waals surface area contributed by atoms with E-state index in [1.807, 2.05) is 25.1 Å². The van der Waals surface area contributed by atoms with Crippen LogP contribution in [-0.4, -0.2) is 35.9 Å². The second kappa shape index (κ2) is 7.99. The molecule has 1 amide bonds. The van der Waals surface area contributed by atoms with E-state index in [2.05, 4.69) is 15.5 Å². The number of hydrogen-bond acceptors (Lipinski definition) is 7. The van der Waals surface area contributed by atoms with Gasteiger partial charge in [-0.05, 0) is 48.9 Å². The van der Waals surface area contributed by atoms with Gasteiger partial charge < -0.3 is 23.9 Å². The van der Waals surface area contributed by atoms with Crippen molar-refractivity contribution in [1.82, 2.24) is 15.5 Å². The fourth-order valence-electron chi connectivity index (χ4n) is 2.84. The van der Waals surface area contributed by atoms with Gasteiger partial charge in [0.1, 0.15) is 19.0 Å². The summed E-state index contributed by atoms with van der Waals surface area (Å²) in [5, 5.41) is 10.4. The number of hydrogen-bond donors (Lipinski definition) is 1. The quantitative estimate of drug-likeness (QED) is 0.701. The lowest BCUT2D eigenvalue weighted by molar-refractivity contribution is -0.123. The minimum absolute atomic E-state index is 0.0885. The monoisotopic (exact) mass is 381 g/mol. The smallest absolute Gasteiger partial charge is 0.258 e. The number of nitrogens with zero attached hydrogens (tertiary/aromatic N) is 2. The van der Waals surface area contributed by atoms with Crippen LogP contribution in [0, 0.1) is 0 Å². The fraction of sp³-hybridized carbons (Fsp3) is 0.250. The molecule has 1 N–H and O–H groups in total. The highest BCUT2D eigenvalue weighted by atomic mass is 16.6. The van der Waals surface area contributed by atoms with Crippen molar-refractivity contribution >= 4 is 5.91 Å². The largest absolute Gasteiger partial charge is 0.486 e. The van der Waals surface area contributed by atoms with Crippen LogP contribution in [0.25, 0.3) is 11.5 Å². The molecule has 0 radical (unpaired) electrons. The van der Waals surface area contributed by atoms with Crippen LogP contribution in [0.4, 0.5) is 0 Å². The predicted octanol–water partition coefficient (Wildman–Crippen LogP) is 2.76. The van der Waals surface area contributed by atoms with Crippen LogP contribution < -0.4 is 19.5 Å². The molecule has 1 aromatic heterocycles. The fourth-order valence-corrected chi connectivity index (χ4v) is 2.84. The molecular weight excluding hydrogens is 362 g/mol. The van der Waals surface area contributed by atoms with Gasteiger partial charge in [0.05, 0.1) is 6.04 Å². The van der Waals surface area contributed by atoms with Crippen molar-refractivity contribution in [2.75, 3.05) is 19.8 Å². The molecule has 28 heavy (non-hydrogen) atoms. The highest BCUT2D eigenvalue weighted by molar-refractivity contribution is 5.78. The molecule has 4 rings (SSSR count). The van der Waals surface area contributed by atoms with Gasteiger partial charge in [-0.25, -0.2) is 0 Å². The molecule has 8 nitrogen and oxygen atoms in total. The minimum atomic E-state index is -0.219. The van der Waals surface area contributed by atoms with Gasteiger partial charge in [0.2, 0.25) is 12.3 Å². The summed E-state index contributed by atoms with van der Waals surface area (Å²) in [6.45, 7) is 2.89. The van der Waals surface area contributed by atoms with Crippen molar-refractivity contribution < 1.29 is 23.4 Å². The standard InChI is InChI=1S/C20H19N3O5/c1-13(15-4-7-17-18(10-15)26-9-8-25-17)22-19(24)11-27-16-5-2-14(3-6-16)20-23-21-12-28-20/h2-7,10,12-13H,8-9,11H2,1H3,(H,22,24)/t13-/m0/s1. The Labute approximate surface area is 161 Å². The Morgan fingerprint density at radius 2 is 1.93 bits per heavy atom. The first-order chi connectivity index (χ1) is 13.7. The molecule has 1 aliphatic rings. The van der Waals surface area contributed by atoms with Crippen LogP contribution >= 0.6 is 0 Å². The number of nitrogens with one attached hydrogen (secondary N) is 1. The van der Waals surface area contributed by atoms with Gasteiger partial charge in [-0.15, -0.1) is 10.2 Å². The third kappa shape index (κ3) is 4.06. The van der Waals surface area contributed by atoms with E-state index in [4.69, 9.17) is 18.6 Å². The van der Waals surface area contributed by atoms with Crippen LogP contribution in [0.1, 0.15) is 18.5 Å². The molecule has 8 heteroatoms. The highest BCUT2D eigenvalue weighted by Gasteiger charge is 2.16. The van der Waals surface area contributed by atoms with E-state index >= 15 is 0 Å². The molecule has 1 atom stereocenters. The molecule has 0 unspecified atom stereocenters. The van der Waals surface area contributed by atoms with E-state index in [-0.39, 0.29) is 18.6 Å². The first-order valence-corrected chi connectivity index (χ1v) is 8.87. The second-order valence-corrected chi connectivity index (χ2v) is 6.25. The average Bonchev–Trinajstić information content (AvgIpc) is 3.27. The van der Waals surface area contributed by atoms with Crippen molar-refractivity contribution in [2.24, 2.45) is 0 Å². The van der Waals surface area contributed by atoms with E-state index in [1.54, 1.807) is 24.3 Å². The number of fused-ring (bicyclic) bond motifs is 1. The van der Waals surface area contributed by atoms with Crippen LogP contribution in [-0.2, 0) is 4.79 Å². The second-order valence-electron chi connectivity index (χ2n) is 6.25. The van der Waals surface area contributed by atoms with Gasteiger partial charge in [0, 0.05) is 5.56 Å². The minimum Gasteiger partial charge on any atom is -0.486 e. The van der Waals surface area contributed by atoms with E-state index in [9.17, 15) is 4.79 Å². The van der Waals surface area contributed by atoms with Crippen molar-refractivity contribution in [3.63, 3.8) is 0 Å². The van der Waals surface area contributed by atoms with Gasteiger partial charge in [-0.1, -0.05) is 6.07 Å². The van der Waals surface area contributed by atoms with E-state index in [0.717, 1.165) is 16.9 Å². The highest BCUT2D eigenvalue weighted by Crippen LogP contribution is 2.32. The summed E-state index contributed by atoms with van der Waals surface area (Å²) in [7, 11) is 0. The zero-order valence-corrected chi connectivity index (χ0v) is 15.3. The first-order valence-electron chi connectivity index (χ1n) is 8.87. The average molecular weight is 381 g/mol. The van der Waals surface area contributed by atoms with Crippen LogP contribution in [0.3, 0.4) is 0 Å². The van der Waals surface area contributed by atoms with Crippen molar-refractivity contribution in [2.45, 2.75) is 13.0 Å².